The number of nitrogens with one attached hydrogen (secondary N) is 1. The Morgan fingerprint density at radius 2 is 2.09 bits per heavy atom. The molecule has 1 saturated heterocycles. The molecule has 126 valence electrons. The van der Waals surface area contributed by atoms with Crippen LogP contribution in [0.15, 0.2) is 18.2 Å². The number of carbonyl (C=O) groups excluding carboxylic acids is 1. The average molecular weight is 357 g/mol. The van der Waals surface area contributed by atoms with Crippen molar-refractivity contribution < 1.29 is 9.90 Å². The van der Waals surface area contributed by atoms with E-state index in [4.69, 9.17) is 23.2 Å². The van der Waals surface area contributed by atoms with Gasteiger partial charge in [0.15, 0.2) is 0 Å². The molecule has 1 amide bonds. The first-order valence-electron chi connectivity index (χ1n) is 8.17. The van der Waals surface area contributed by atoms with Crippen molar-refractivity contribution in [2.45, 2.75) is 31.2 Å². The second-order valence-corrected chi connectivity index (χ2v) is 7.35. The van der Waals surface area contributed by atoms with Crippen LogP contribution in [0.4, 0.5) is 0 Å². The van der Waals surface area contributed by atoms with Gasteiger partial charge in [-0.25, -0.2) is 0 Å². The van der Waals surface area contributed by atoms with Gasteiger partial charge in [-0.1, -0.05) is 29.3 Å². The van der Waals surface area contributed by atoms with Gasteiger partial charge in [0.25, 0.3) is 0 Å². The van der Waals surface area contributed by atoms with Crippen LogP contribution in [0.2, 0.25) is 10.0 Å². The Bertz CT molecular complexity index is 576. The number of nitrogens with zero attached hydrogens (tertiary/aromatic N) is 1. The van der Waals surface area contributed by atoms with Crippen LogP contribution < -0.4 is 5.32 Å². The van der Waals surface area contributed by atoms with Gasteiger partial charge in [-0.3, -0.25) is 4.79 Å². The molecule has 0 radical (unpaired) electrons. The van der Waals surface area contributed by atoms with Crippen LogP contribution in [0.1, 0.15) is 30.7 Å². The molecule has 3 atom stereocenters. The summed E-state index contributed by atoms with van der Waals surface area (Å²) in [6, 6.07) is 5.23. The predicted octanol–water partition coefficient (Wildman–Crippen LogP) is 2.67. The molecule has 0 aromatic heterocycles. The van der Waals surface area contributed by atoms with E-state index in [0.717, 1.165) is 31.6 Å². The normalized spacial score (nSPS) is 25.3. The fraction of sp³-hybridized carbons (Fsp3) is 0.588. The minimum atomic E-state index is -0.192. The largest absolute Gasteiger partial charge is 0.394 e. The van der Waals surface area contributed by atoms with Gasteiger partial charge in [-0.15, -0.1) is 0 Å². The van der Waals surface area contributed by atoms with Crippen LogP contribution in [0.5, 0.6) is 0 Å². The second-order valence-electron chi connectivity index (χ2n) is 6.51. The van der Waals surface area contributed by atoms with Crippen LogP contribution in [0.25, 0.3) is 0 Å². The van der Waals surface area contributed by atoms with Crippen LogP contribution in [0.3, 0.4) is 0 Å². The van der Waals surface area contributed by atoms with Crippen LogP contribution in [-0.4, -0.2) is 48.2 Å². The maximum Gasteiger partial charge on any atom is 0.224 e. The quantitative estimate of drug-likeness (QED) is 0.823. The lowest BCUT2D eigenvalue weighted by Gasteiger charge is -2.23. The Kier molecular flexibility index (Phi) is 5.47. The fourth-order valence-electron chi connectivity index (χ4n) is 3.36. The van der Waals surface area contributed by atoms with Crippen molar-refractivity contribution in [2.24, 2.45) is 5.92 Å². The van der Waals surface area contributed by atoms with Crippen LogP contribution in [0, 0.1) is 5.92 Å². The SMILES string of the molecule is O=C(N[C@H](CO)CN1CCCC1)[C@@H]1C[C@@H]1c1ccc(Cl)cc1Cl. The molecule has 2 fully saturated rings. The van der Waals surface area contributed by atoms with E-state index in [1.54, 1.807) is 12.1 Å². The average Bonchev–Trinajstić information content (AvgIpc) is 3.14. The van der Waals surface area contributed by atoms with Gasteiger partial charge in [0.2, 0.25) is 5.91 Å². The number of halogens is 2. The number of amides is 1. The number of carbonyl (C=O) groups is 1. The zero-order valence-electron chi connectivity index (χ0n) is 13.0. The Morgan fingerprint density at radius 3 is 2.74 bits per heavy atom. The summed E-state index contributed by atoms with van der Waals surface area (Å²) in [4.78, 5) is 14.7. The lowest BCUT2D eigenvalue weighted by atomic mass is 10.1. The van der Waals surface area contributed by atoms with Gasteiger partial charge in [-0.05, 0) is 56.0 Å². The lowest BCUT2D eigenvalue weighted by molar-refractivity contribution is -0.123. The third-order valence-corrected chi connectivity index (χ3v) is 5.30. The molecule has 1 saturated carbocycles. The third-order valence-electron chi connectivity index (χ3n) is 4.73. The van der Waals surface area contributed by atoms with E-state index >= 15 is 0 Å². The highest BCUT2D eigenvalue weighted by atomic mass is 35.5. The first-order valence-corrected chi connectivity index (χ1v) is 8.92. The molecule has 23 heavy (non-hydrogen) atoms. The molecular weight excluding hydrogens is 335 g/mol. The molecule has 2 N–H and O–H groups in total. The van der Waals surface area contributed by atoms with Crippen molar-refractivity contribution in [1.29, 1.82) is 0 Å². The summed E-state index contributed by atoms with van der Waals surface area (Å²) < 4.78 is 0. The van der Waals surface area contributed by atoms with E-state index < -0.39 is 0 Å². The molecule has 2 aliphatic rings. The number of aliphatic hydroxyl groups is 1. The molecular formula is C17H22Cl2N2O2. The van der Waals surface area contributed by atoms with Crippen molar-refractivity contribution in [2.75, 3.05) is 26.2 Å². The van der Waals surface area contributed by atoms with Crippen LogP contribution >= 0.6 is 23.2 Å². The standard InChI is InChI=1S/C17H22Cl2N2O2/c18-11-3-4-13(16(19)7-11)14-8-15(14)17(23)20-12(10-22)9-21-5-1-2-6-21/h3-4,7,12,14-15,22H,1-2,5-6,8-10H2,(H,20,23)/t12-,14+,15+/m0/s1. The van der Waals surface area contributed by atoms with Gasteiger partial charge < -0.3 is 15.3 Å². The minimum Gasteiger partial charge on any atom is -0.394 e. The van der Waals surface area contributed by atoms with Crippen molar-refractivity contribution in [1.82, 2.24) is 10.2 Å². The third kappa shape index (κ3) is 4.18. The molecule has 0 unspecified atom stereocenters. The molecule has 6 heteroatoms. The van der Waals surface area contributed by atoms with Gasteiger partial charge in [0.05, 0.1) is 12.6 Å². The zero-order chi connectivity index (χ0) is 16.4. The molecule has 1 aromatic rings. The molecule has 1 aromatic carbocycles. The Balaban J connectivity index is 1.54. The topological polar surface area (TPSA) is 52.6 Å². The summed E-state index contributed by atoms with van der Waals surface area (Å²) in [5.74, 6) is 0.117. The van der Waals surface area contributed by atoms with E-state index in [9.17, 15) is 9.90 Å². The molecule has 4 nitrogen and oxygen atoms in total. The first kappa shape index (κ1) is 17.0. The van der Waals surface area contributed by atoms with E-state index in [-0.39, 0.29) is 30.4 Å². The number of rotatable bonds is 6. The van der Waals surface area contributed by atoms with Gasteiger partial charge in [0.1, 0.15) is 0 Å². The first-order chi connectivity index (χ1) is 11.1. The van der Waals surface area contributed by atoms with E-state index in [2.05, 4.69) is 10.2 Å². The Morgan fingerprint density at radius 1 is 1.35 bits per heavy atom. The maximum atomic E-state index is 12.4. The number of hydrogen-bond donors (Lipinski definition) is 2. The summed E-state index contributed by atoms with van der Waals surface area (Å²) in [6.07, 6.45) is 3.20. The fourth-order valence-corrected chi connectivity index (χ4v) is 3.91. The van der Waals surface area contributed by atoms with E-state index in [0.29, 0.717) is 10.0 Å². The number of benzene rings is 1. The maximum absolute atomic E-state index is 12.4. The summed E-state index contributed by atoms with van der Waals surface area (Å²) >= 11 is 12.1. The summed E-state index contributed by atoms with van der Waals surface area (Å²) in [7, 11) is 0. The monoisotopic (exact) mass is 356 g/mol. The summed E-state index contributed by atoms with van der Waals surface area (Å²) in [5, 5.41) is 13.7. The molecule has 1 heterocycles. The van der Waals surface area contributed by atoms with Crippen LogP contribution in [-0.2, 0) is 4.79 Å². The van der Waals surface area contributed by atoms with Crippen molar-refractivity contribution in [3.05, 3.63) is 33.8 Å². The summed E-state index contributed by atoms with van der Waals surface area (Å²) in [5.41, 5.74) is 0.983. The second kappa shape index (κ2) is 7.39. The molecule has 1 aliphatic heterocycles. The van der Waals surface area contributed by atoms with Gasteiger partial charge >= 0.3 is 0 Å². The molecule has 1 aliphatic carbocycles. The Hall–Kier alpha value is -0.810. The number of aliphatic hydroxyl groups excluding tert-OH is 1. The van der Waals surface area contributed by atoms with Gasteiger partial charge in [0, 0.05) is 22.5 Å². The zero-order valence-corrected chi connectivity index (χ0v) is 14.5. The summed E-state index contributed by atoms with van der Waals surface area (Å²) in [6.45, 7) is 2.81. The highest BCUT2D eigenvalue weighted by Crippen LogP contribution is 2.50. The predicted molar refractivity (Wildman–Crippen MR) is 92.0 cm³/mol. The lowest BCUT2D eigenvalue weighted by Crippen LogP contribution is -2.46. The number of hydrogen-bond acceptors (Lipinski definition) is 3. The molecule has 3 rings (SSSR count). The number of likely N-dealkylation sites (tertiary alicyclic amines) is 1. The smallest absolute Gasteiger partial charge is 0.224 e. The minimum absolute atomic E-state index is 0.0132. The van der Waals surface area contributed by atoms with E-state index in [1.807, 2.05) is 6.07 Å². The Labute approximate surface area is 146 Å². The highest BCUT2D eigenvalue weighted by Gasteiger charge is 2.45. The van der Waals surface area contributed by atoms with Crippen molar-refractivity contribution in [3.8, 4) is 0 Å². The van der Waals surface area contributed by atoms with E-state index in [1.165, 1.54) is 12.8 Å². The highest BCUT2D eigenvalue weighted by molar-refractivity contribution is 6.35. The van der Waals surface area contributed by atoms with Crippen molar-refractivity contribution in [3.63, 3.8) is 0 Å². The molecule has 0 bridgehead atoms. The van der Waals surface area contributed by atoms with Gasteiger partial charge in [-0.2, -0.15) is 0 Å². The van der Waals surface area contributed by atoms with Crippen molar-refractivity contribution >= 4 is 29.1 Å². The molecule has 0 spiro atoms.